The van der Waals surface area contributed by atoms with Crippen LogP contribution in [0.3, 0.4) is 0 Å². The molecule has 140 valence electrons. The molecule has 0 aliphatic heterocycles. The van der Waals surface area contributed by atoms with Gasteiger partial charge in [-0.15, -0.1) is 0 Å². The average Bonchev–Trinajstić information content (AvgIpc) is 2.64. The number of aryl methyl sites for hydroxylation is 1. The van der Waals surface area contributed by atoms with Crippen LogP contribution in [0.25, 0.3) is 11.0 Å². The minimum absolute atomic E-state index is 0.0198. The summed E-state index contributed by atoms with van der Waals surface area (Å²) in [6.07, 6.45) is -0.925. The van der Waals surface area contributed by atoms with Crippen molar-refractivity contribution in [2.24, 2.45) is 0 Å². The van der Waals surface area contributed by atoms with Gasteiger partial charge in [-0.25, -0.2) is 4.79 Å². The molecule has 0 radical (unpaired) electrons. The maximum Gasteiger partial charge on any atom is 0.371 e. The average molecular weight is 370 g/mol. The minimum atomic E-state index is -1.33. The van der Waals surface area contributed by atoms with E-state index in [1.165, 1.54) is 6.07 Å². The van der Waals surface area contributed by atoms with E-state index in [1.807, 2.05) is 25.1 Å². The summed E-state index contributed by atoms with van der Waals surface area (Å²) in [5.41, 5.74) is 0.610. The van der Waals surface area contributed by atoms with Crippen LogP contribution < -0.4 is 14.9 Å². The molecule has 7 nitrogen and oxygen atoms in total. The van der Waals surface area contributed by atoms with Crippen LogP contribution in [0.5, 0.6) is 11.5 Å². The Balaban J connectivity index is 1.69. The molecule has 0 bridgehead atoms. The van der Waals surface area contributed by atoms with Crippen LogP contribution in [0.1, 0.15) is 16.1 Å². The van der Waals surface area contributed by atoms with Crippen molar-refractivity contribution in [3.05, 3.63) is 70.1 Å². The fraction of sp³-hybridized carbons (Fsp3) is 0.200. The third kappa shape index (κ3) is 4.45. The Kier molecular flexibility index (Phi) is 5.42. The van der Waals surface area contributed by atoms with E-state index in [0.717, 1.165) is 11.6 Å². The summed E-state index contributed by atoms with van der Waals surface area (Å²) >= 11 is 0. The van der Waals surface area contributed by atoms with Crippen molar-refractivity contribution in [2.45, 2.75) is 13.0 Å². The van der Waals surface area contributed by atoms with Gasteiger partial charge in [-0.2, -0.15) is 0 Å². The highest BCUT2D eigenvalue weighted by atomic mass is 16.5. The van der Waals surface area contributed by atoms with Gasteiger partial charge in [0.15, 0.2) is 5.43 Å². The van der Waals surface area contributed by atoms with Crippen LogP contribution in [0.2, 0.25) is 0 Å². The Morgan fingerprint density at radius 2 is 1.85 bits per heavy atom. The minimum Gasteiger partial charge on any atom is -0.491 e. The first-order valence-electron chi connectivity index (χ1n) is 8.24. The van der Waals surface area contributed by atoms with E-state index in [0.29, 0.717) is 5.75 Å². The SMILES string of the molecule is Cc1cccc(OCC(O)COc2cccc3oc(C(=O)O)cc(=O)c23)c1. The molecule has 3 rings (SSSR count). The van der Waals surface area contributed by atoms with Crippen molar-refractivity contribution in [3.63, 3.8) is 0 Å². The number of carboxylic acids is 1. The highest BCUT2D eigenvalue weighted by molar-refractivity contribution is 5.89. The zero-order valence-electron chi connectivity index (χ0n) is 14.5. The topological polar surface area (TPSA) is 106 Å². The fourth-order valence-electron chi connectivity index (χ4n) is 2.54. The van der Waals surface area contributed by atoms with Gasteiger partial charge in [-0.1, -0.05) is 18.2 Å². The molecule has 0 saturated carbocycles. The zero-order chi connectivity index (χ0) is 19.4. The standard InChI is InChI=1S/C20H18O7/c1-12-4-2-5-14(8-12)25-10-13(21)11-26-16-6-3-7-17-19(16)15(22)9-18(27-17)20(23)24/h2-9,13,21H,10-11H2,1H3,(H,23,24). The van der Waals surface area contributed by atoms with E-state index in [-0.39, 0.29) is 29.9 Å². The number of carbonyl (C=O) groups is 1. The van der Waals surface area contributed by atoms with Crippen molar-refractivity contribution >= 4 is 16.9 Å². The second-order valence-corrected chi connectivity index (χ2v) is 6.00. The third-order valence-electron chi connectivity index (χ3n) is 3.79. The third-order valence-corrected chi connectivity index (χ3v) is 3.79. The van der Waals surface area contributed by atoms with E-state index in [1.54, 1.807) is 18.2 Å². The summed E-state index contributed by atoms with van der Waals surface area (Å²) in [6.45, 7) is 1.85. The van der Waals surface area contributed by atoms with E-state index >= 15 is 0 Å². The normalized spacial score (nSPS) is 11.9. The van der Waals surface area contributed by atoms with E-state index < -0.39 is 23.3 Å². The van der Waals surface area contributed by atoms with Gasteiger partial charge < -0.3 is 24.1 Å². The van der Waals surface area contributed by atoms with Crippen molar-refractivity contribution in [2.75, 3.05) is 13.2 Å². The van der Waals surface area contributed by atoms with Crippen LogP contribution in [0.4, 0.5) is 0 Å². The molecular weight excluding hydrogens is 352 g/mol. The molecular formula is C20H18O7. The number of benzene rings is 2. The zero-order valence-corrected chi connectivity index (χ0v) is 14.5. The number of aliphatic hydroxyl groups is 1. The number of ether oxygens (including phenoxy) is 2. The largest absolute Gasteiger partial charge is 0.491 e. The van der Waals surface area contributed by atoms with Crippen molar-refractivity contribution < 1.29 is 28.9 Å². The first-order chi connectivity index (χ1) is 12.9. The molecule has 1 heterocycles. The van der Waals surface area contributed by atoms with Crippen molar-refractivity contribution in [1.29, 1.82) is 0 Å². The number of hydrogen-bond donors (Lipinski definition) is 2. The van der Waals surface area contributed by atoms with Crippen LogP contribution in [0, 0.1) is 6.92 Å². The number of rotatable bonds is 7. The summed E-state index contributed by atoms with van der Waals surface area (Å²) in [4.78, 5) is 23.2. The van der Waals surface area contributed by atoms with Crippen LogP contribution in [-0.2, 0) is 0 Å². The first-order valence-corrected chi connectivity index (χ1v) is 8.24. The predicted molar refractivity (Wildman–Crippen MR) is 97.6 cm³/mol. The lowest BCUT2D eigenvalue weighted by Crippen LogP contribution is -2.25. The molecule has 2 N–H and O–H groups in total. The van der Waals surface area contributed by atoms with Gasteiger partial charge in [0.1, 0.15) is 41.8 Å². The highest BCUT2D eigenvalue weighted by Gasteiger charge is 2.15. The Labute approximate surface area is 154 Å². The van der Waals surface area contributed by atoms with E-state index in [2.05, 4.69) is 0 Å². The van der Waals surface area contributed by atoms with Crippen LogP contribution >= 0.6 is 0 Å². The fourth-order valence-corrected chi connectivity index (χ4v) is 2.54. The lowest BCUT2D eigenvalue weighted by atomic mass is 10.2. The van der Waals surface area contributed by atoms with Gasteiger partial charge in [-0.05, 0) is 36.8 Å². The predicted octanol–water partition coefficient (Wildman–Crippen LogP) is 2.62. The second-order valence-electron chi connectivity index (χ2n) is 6.00. The van der Waals surface area contributed by atoms with Gasteiger partial charge in [0.2, 0.25) is 5.76 Å². The molecule has 0 aliphatic carbocycles. The van der Waals surface area contributed by atoms with Crippen LogP contribution in [-0.4, -0.2) is 35.5 Å². The number of fused-ring (bicyclic) bond motifs is 1. The Bertz CT molecular complexity index is 1020. The van der Waals surface area contributed by atoms with Crippen molar-refractivity contribution in [3.8, 4) is 11.5 Å². The molecule has 1 unspecified atom stereocenters. The molecule has 27 heavy (non-hydrogen) atoms. The molecule has 2 aromatic carbocycles. The lowest BCUT2D eigenvalue weighted by Gasteiger charge is -2.14. The van der Waals surface area contributed by atoms with Gasteiger partial charge in [-0.3, -0.25) is 4.79 Å². The summed E-state index contributed by atoms with van der Waals surface area (Å²) in [7, 11) is 0. The monoisotopic (exact) mass is 370 g/mol. The van der Waals surface area contributed by atoms with Gasteiger partial charge in [0.05, 0.1) is 0 Å². The van der Waals surface area contributed by atoms with Gasteiger partial charge >= 0.3 is 5.97 Å². The summed E-state index contributed by atoms with van der Waals surface area (Å²) < 4.78 is 16.3. The smallest absolute Gasteiger partial charge is 0.371 e. The molecule has 0 spiro atoms. The molecule has 0 fully saturated rings. The maximum atomic E-state index is 12.2. The van der Waals surface area contributed by atoms with Crippen molar-refractivity contribution in [1.82, 2.24) is 0 Å². The van der Waals surface area contributed by atoms with Crippen LogP contribution in [0.15, 0.2) is 57.7 Å². The van der Waals surface area contributed by atoms with Gasteiger partial charge in [0.25, 0.3) is 0 Å². The molecule has 1 atom stereocenters. The molecule has 0 saturated heterocycles. The number of hydrogen-bond acceptors (Lipinski definition) is 6. The molecule has 3 aromatic rings. The van der Waals surface area contributed by atoms with E-state index in [4.69, 9.17) is 19.0 Å². The second kappa shape index (κ2) is 7.92. The molecule has 0 aliphatic rings. The Morgan fingerprint density at radius 1 is 1.11 bits per heavy atom. The first kappa shape index (κ1) is 18.5. The Morgan fingerprint density at radius 3 is 2.59 bits per heavy atom. The Hall–Kier alpha value is -3.32. The summed E-state index contributed by atoms with van der Waals surface area (Å²) in [5, 5.41) is 19.2. The lowest BCUT2D eigenvalue weighted by molar-refractivity contribution is 0.0631. The summed E-state index contributed by atoms with van der Waals surface area (Å²) in [5.74, 6) is -0.936. The maximum absolute atomic E-state index is 12.2. The molecule has 7 heteroatoms. The number of aromatic carboxylic acids is 1. The highest BCUT2D eigenvalue weighted by Crippen LogP contribution is 2.23. The number of aliphatic hydroxyl groups excluding tert-OH is 1. The molecule has 0 amide bonds. The number of carboxylic acid groups (broad SMARTS) is 1. The summed E-state index contributed by atoms with van der Waals surface area (Å²) in [6, 6.07) is 12.9. The quantitative estimate of drug-likeness (QED) is 0.658. The molecule has 1 aromatic heterocycles. The van der Waals surface area contributed by atoms with E-state index in [9.17, 15) is 14.7 Å². The van der Waals surface area contributed by atoms with Gasteiger partial charge in [0, 0.05) is 6.07 Å².